The summed E-state index contributed by atoms with van der Waals surface area (Å²) >= 11 is 0. The van der Waals surface area contributed by atoms with Crippen LogP contribution in [0.2, 0.25) is 0 Å². The van der Waals surface area contributed by atoms with E-state index in [9.17, 15) is 15.2 Å². The summed E-state index contributed by atoms with van der Waals surface area (Å²) in [5, 5.41) is 22.1. The van der Waals surface area contributed by atoms with E-state index in [2.05, 4.69) is 56.7 Å². The van der Waals surface area contributed by atoms with Crippen molar-refractivity contribution in [2.75, 3.05) is 6.61 Å². The van der Waals surface area contributed by atoms with Gasteiger partial charge in [0.15, 0.2) is 5.78 Å². The average molecular weight is 625 g/mol. The van der Waals surface area contributed by atoms with Crippen molar-refractivity contribution in [3.05, 3.63) is 125 Å². The van der Waals surface area contributed by atoms with Crippen molar-refractivity contribution in [3.8, 4) is 11.8 Å². The number of ketones is 1. The first kappa shape index (κ1) is 33.5. The fourth-order valence-corrected chi connectivity index (χ4v) is 6.80. The zero-order chi connectivity index (χ0) is 33.3. The SMILES string of the molecule is C=CC(=O)C(=C)C(CC#N)C/C=C(/CCC)C1=NC(OC[C@@H]2CCCC2=C)=C=CC2=C1CC/C(=C\c1cc(O)cc3ccccc13)C2. The van der Waals surface area contributed by atoms with E-state index in [1.807, 2.05) is 30.3 Å². The number of carbonyl (C=O) groups excluding carboxylic acids is 1. The summed E-state index contributed by atoms with van der Waals surface area (Å²) in [5.74, 6) is 0.528. The molecule has 5 rings (SSSR count). The molecule has 47 heavy (non-hydrogen) atoms. The molecule has 1 unspecified atom stereocenters. The molecule has 0 spiro atoms. The summed E-state index contributed by atoms with van der Waals surface area (Å²) in [6, 6.07) is 14.0. The highest BCUT2D eigenvalue weighted by molar-refractivity contribution is 6.14. The summed E-state index contributed by atoms with van der Waals surface area (Å²) in [6.07, 6.45) is 15.7. The second kappa shape index (κ2) is 15.6. The van der Waals surface area contributed by atoms with Gasteiger partial charge in [-0.2, -0.15) is 5.26 Å². The minimum Gasteiger partial charge on any atom is -0.508 e. The summed E-state index contributed by atoms with van der Waals surface area (Å²) < 4.78 is 6.33. The molecule has 2 atom stereocenters. The maximum Gasteiger partial charge on any atom is 0.260 e. The summed E-state index contributed by atoms with van der Waals surface area (Å²) in [6.45, 7) is 14.5. The van der Waals surface area contributed by atoms with Crippen LogP contribution in [0, 0.1) is 23.2 Å². The zero-order valence-corrected chi connectivity index (χ0v) is 27.5. The molecule has 2 aromatic carbocycles. The molecule has 1 N–H and O–H groups in total. The third-order valence-corrected chi connectivity index (χ3v) is 9.46. The maximum absolute atomic E-state index is 12.4. The smallest absolute Gasteiger partial charge is 0.260 e. The van der Waals surface area contributed by atoms with Crippen LogP contribution in [-0.2, 0) is 9.53 Å². The van der Waals surface area contributed by atoms with E-state index in [1.165, 1.54) is 22.8 Å². The molecular weight excluding hydrogens is 580 g/mol. The Balaban J connectivity index is 1.52. The number of hydrogen-bond donors (Lipinski definition) is 1. The van der Waals surface area contributed by atoms with Gasteiger partial charge in [-0.25, -0.2) is 4.99 Å². The van der Waals surface area contributed by atoms with Gasteiger partial charge in [-0.3, -0.25) is 4.79 Å². The Bertz CT molecular complexity index is 1830. The maximum atomic E-state index is 12.4. The van der Waals surface area contributed by atoms with E-state index in [1.54, 1.807) is 6.07 Å². The number of nitrogens with zero attached hydrogens (tertiary/aromatic N) is 2. The second-order valence-electron chi connectivity index (χ2n) is 12.7. The van der Waals surface area contributed by atoms with Crippen molar-refractivity contribution in [2.24, 2.45) is 16.8 Å². The van der Waals surface area contributed by atoms with E-state index in [0.717, 1.165) is 84.6 Å². The van der Waals surface area contributed by atoms with Gasteiger partial charge in [0.05, 0.1) is 18.4 Å². The molecule has 1 heterocycles. The number of carbonyl (C=O) groups is 1. The number of phenols is 1. The molecule has 0 amide bonds. The Labute approximate surface area is 279 Å². The van der Waals surface area contributed by atoms with Crippen LogP contribution in [0.25, 0.3) is 16.8 Å². The lowest BCUT2D eigenvalue weighted by Gasteiger charge is -2.24. The van der Waals surface area contributed by atoms with Gasteiger partial charge in [-0.15, -0.1) is 0 Å². The van der Waals surface area contributed by atoms with Crippen molar-refractivity contribution in [1.29, 1.82) is 5.26 Å². The number of aliphatic imine (C=N–C) groups is 1. The number of fused-ring (bicyclic) bond motifs is 1. The summed E-state index contributed by atoms with van der Waals surface area (Å²) in [5.41, 5.74) is 11.6. The van der Waals surface area contributed by atoms with Crippen LogP contribution in [0.15, 0.2) is 124 Å². The molecule has 1 fully saturated rings. The lowest BCUT2D eigenvalue weighted by atomic mass is 9.81. The monoisotopic (exact) mass is 624 g/mol. The average Bonchev–Trinajstić information content (AvgIpc) is 3.40. The van der Waals surface area contributed by atoms with Gasteiger partial charge in [0, 0.05) is 18.3 Å². The van der Waals surface area contributed by atoms with Gasteiger partial charge in [0.2, 0.25) is 0 Å². The number of nitriles is 1. The van der Waals surface area contributed by atoms with E-state index in [-0.39, 0.29) is 23.9 Å². The van der Waals surface area contributed by atoms with Gasteiger partial charge in [-0.1, -0.05) is 86.4 Å². The molecule has 5 heteroatoms. The third kappa shape index (κ3) is 8.09. The van der Waals surface area contributed by atoms with E-state index in [0.29, 0.717) is 30.4 Å². The van der Waals surface area contributed by atoms with Crippen molar-refractivity contribution < 1.29 is 14.6 Å². The van der Waals surface area contributed by atoms with Crippen LogP contribution in [0.1, 0.15) is 76.7 Å². The molecule has 1 aliphatic heterocycles. The first-order valence-electron chi connectivity index (χ1n) is 16.7. The Hall–Kier alpha value is -4.91. The van der Waals surface area contributed by atoms with Gasteiger partial charge in [-0.05, 0) is 114 Å². The van der Waals surface area contributed by atoms with E-state index in [4.69, 9.17) is 9.73 Å². The number of hydrogen-bond acceptors (Lipinski definition) is 5. The molecular formula is C42H44N2O3. The molecule has 0 radical (unpaired) electrons. The fraction of sp³-hybridized carbons (Fsp3) is 0.333. The highest BCUT2D eigenvalue weighted by atomic mass is 16.5. The minimum absolute atomic E-state index is 0.202. The lowest BCUT2D eigenvalue weighted by molar-refractivity contribution is -0.111. The Morgan fingerprint density at radius 3 is 2.83 bits per heavy atom. The van der Waals surface area contributed by atoms with E-state index >= 15 is 0 Å². The van der Waals surface area contributed by atoms with Gasteiger partial charge in [0.25, 0.3) is 5.88 Å². The van der Waals surface area contributed by atoms with Crippen LogP contribution >= 0.6 is 0 Å². The normalized spacial score (nSPS) is 19.5. The largest absolute Gasteiger partial charge is 0.508 e. The third-order valence-electron chi connectivity index (χ3n) is 9.46. The molecule has 0 aromatic heterocycles. The van der Waals surface area contributed by atoms with Crippen molar-refractivity contribution >= 4 is 28.3 Å². The van der Waals surface area contributed by atoms with Crippen LogP contribution in [0.4, 0.5) is 0 Å². The predicted molar refractivity (Wildman–Crippen MR) is 192 cm³/mol. The number of ether oxygens (including phenoxy) is 1. The number of allylic oxidation sites excluding steroid dienone is 8. The molecule has 3 aliphatic rings. The lowest BCUT2D eigenvalue weighted by Crippen LogP contribution is -2.15. The molecule has 0 saturated heterocycles. The number of benzene rings is 2. The van der Waals surface area contributed by atoms with Crippen molar-refractivity contribution in [3.63, 3.8) is 0 Å². The first-order valence-corrected chi connectivity index (χ1v) is 16.7. The summed E-state index contributed by atoms with van der Waals surface area (Å²) in [7, 11) is 0. The predicted octanol–water partition coefficient (Wildman–Crippen LogP) is 10.2. The standard InChI is InChI=1S/C42H44N2O3/c1-5-10-32(17-16-31(21-22-43)29(4)40(46)6-2)42-39-19-15-30(24-36-26-37(45)25-33-12-7-8-14-38(33)36)23-34(39)18-20-41(44-42)47-27-35-13-9-11-28(35)3/h6-8,12,14,17-18,24-26,31,35,45H,2-5,9-11,13,15-16,19,21,23,27H2,1H3/b30-24+,32-17-/t31?,35-/m0/s1. The highest BCUT2D eigenvalue weighted by Gasteiger charge is 2.26. The molecule has 240 valence electrons. The molecule has 2 aliphatic carbocycles. The van der Waals surface area contributed by atoms with Crippen molar-refractivity contribution in [2.45, 2.75) is 71.1 Å². The zero-order valence-electron chi connectivity index (χ0n) is 27.5. The van der Waals surface area contributed by atoms with Crippen LogP contribution < -0.4 is 0 Å². The topological polar surface area (TPSA) is 82.7 Å². The second-order valence-corrected chi connectivity index (χ2v) is 12.7. The fourth-order valence-electron chi connectivity index (χ4n) is 6.80. The Morgan fingerprint density at radius 1 is 1.26 bits per heavy atom. The van der Waals surface area contributed by atoms with E-state index < -0.39 is 0 Å². The van der Waals surface area contributed by atoms with Gasteiger partial charge >= 0.3 is 0 Å². The van der Waals surface area contributed by atoms with Crippen molar-refractivity contribution in [1.82, 2.24) is 0 Å². The quantitative estimate of drug-likeness (QED) is 0.137. The Morgan fingerprint density at radius 2 is 2.09 bits per heavy atom. The van der Waals surface area contributed by atoms with Gasteiger partial charge < -0.3 is 9.84 Å². The van der Waals surface area contributed by atoms with Crippen LogP contribution in [0.5, 0.6) is 5.75 Å². The number of phenolic OH excluding ortho intramolecular Hbond substituents is 1. The van der Waals surface area contributed by atoms with Crippen LogP contribution in [0.3, 0.4) is 0 Å². The molecule has 5 nitrogen and oxygen atoms in total. The molecule has 2 aromatic rings. The minimum atomic E-state index is -0.298. The molecule has 1 saturated carbocycles. The number of aromatic hydroxyl groups is 1. The Kier molecular flexibility index (Phi) is 11.1. The first-order chi connectivity index (χ1) is 22.8. The van der Waals surface area contributed by atoms with Gasteiger partial charge in [0.1, 0.15) is 5.75 Å². The summed E-state index contributed by atoms with van der Waals surface area (Å²) in [4.78, 5) is 17.5. The number of rotatable bonds is 13. The van der Waals surface area contributed by atoms with Crippen LogP contribution in [-0.4, -0.2) is 23.2 Å². The molecule has 0 bridgehead atoms. The highest BCUT2D eigenvalue weighted by Crippen LogP contribution is 2.38.